The van der Waals surface area contributed by atoms with E-state index in [2.05, 4.69) is 26.8 Å². The third-order valence-electron chi connectivity index (χ3n) is 3.23. The fraction of sp³-hybridized carbons (Fsp3) is 0.294. The molecule has 0 aliphatic heterocycles. The van der Waals surface area contributed by atoms with E-state index in [4.69, 9.17) is 9.15 Å². The summed E-state index contributed by atoms with van der Waals surface area (Å²) in [6, 6.07) is 9.09. The molecule has 2 aromatic rings. The average molecular weight is 395 g/mol. The minimum atomic E-state index is -0.399. The summed E-state index contributed by atoms with van der Waals surface area (Å²) in [7, 11) is 0. The predicted molar refractivity (Wildman–Crippen MR) is 92.7 cm³/mol. The van der Waals surface area contributed by atoms with Crippen molar-refractivity contribution in [3.05, 3.63) is 51.9 Å². The van der Waals surface area contributed by atoms with Gasteiger partial charge in [-0.3, -0.25) is 20.4 Å². The van der Waals surface area contributed by atoms with E-state index in [1.54, 1.807) is 19.9 Å². The van der Waals surface area contributed by atoms with Gasteiger partial charge in [-0.25, -0.2) is 0 Å². The molecule has 0 fully saturated rings. The SMILES string of the molecule is Cc1cc(C(=O)NNC(=O)CCCOc2ccc(Br)cc2)c(C)o1. The van der Waals surface area contributed by atoms with Crippen LogP contribution in [0.2, 0.25) is 0 Å². The molecule has 2 amide bonds. The van der Waals surface area contributed by atoms with E-state index < -0.39 is 5.91 Å². The molecule has 1 heterocycles. The Hall–Kier alpha value is -2.28. The third kappa shape index (κ3) is 5.42. The van der Waals surface area contributed by atoms with Crippen molar-refractivity contribution in [3.63, 3.8) is 0 Å². The highest BCUT2D eigenvalue weighted by Gasteiger charge is 2.13. The van der Waals surface area contributed by atoms with Crippen LogP contribution in [0.1, 0.15) is 34.7 Å². The Labute approximate surface area is 148 Å². The lowest BCUT2D eigenvalue weighted by molar-refractivity contribution is -0.122. The summed E-state index contributed by atoms with van der Waals surface area (Å²) in [6.45, 7) is 3.88. The Morgan fingerprint density at radius 1 is 1.17 bits per heavy atom. The van der Waals surface area contributed by atoms with Crippen LogP contribution in [0.5, 0.6) is 5.75 Å². The lowest BCUT2D eigenvalue weighted by atomic mass is 10.2. The summed E-state index contributed by atoms with van der Waals surface area (Å²) in [5.74, 6) is 1.23. The number of hydrogen-bond acceptors (Lipinski definition) is 4. The molecule has 0 saturated carbocycles. The van der Waals surface area contributed by atoms with E-state index in [1.807, 2.05) is 24.3 Å². The molecule has 128 valence electrons. The maximum atomic E-state index is 11.9. The number of hydrazine groups is 1. The van der Waals surface area contributed by atoms with Gasteiger partial charge in [0.2, 0.25) is 5.91 Å². The van der Waals surface area contributed by atoms with Gasteiger partial charge in [0.15, 0.2) is 0 Å². The summed E-state index contributed by atoms with van der Waals surface area (Å²) < 4.78 is 11.8. The van der Waals surface area contributed by atoms with Gasteiger partial charge in [-0.1, -0.05) is 15.9 Å². The van der Waals surface area contributed by atoms with Crippen molar-refractivity contribution >= 4 is 27.7 Å². The van der Waals surface area contributed by atoms with E-state index in [9.17, 15) is 9.59 Å². The minimum absolute atomic E-state index is 0.250. The van der Waals surface area contributed by atoms with Crippen LogP contribution in [0.25, 0.3) is 0 Å². The quantitative estimate of drug-likeness (QED) is 0.581. The Balaban J connectivity index is 1.65. The molecule has 0 saturated heterocycles. The third-order valence-corrected chi connectivity index (χ3v) is 3.76. The van der Waals surface area contributed by atoms with Crippen molar-refractivity contribution in [2.75, 3.05) is 6.61 Å². The molecule has 0 spiro atoms. The van der Waals surface area contributed by atoms with E-state index >= 15 is 0 Å². The fourth-order valence-electron chi connectivity index (χ4n) is 2.07. The van der Waals surface area contributed by atoms with Gasteiger partial charge in [-0.15, -0.1) is 0 Å². The van der Waals surface area contributed by atoms with E-state index in [1.165, 1.54) is 0 Å². The second-order valence-corrected chi connectivity index (χ2v) is 6.15. The molecule has 7 heteroatoms. The van der Waals surface area contributed by atoms with Crippen LogP contribution in [0.3, 0.4) is 0 Å². The topological polar surface area (TPSA) is 80.6 Å². The zero-order valence-electron chi connectivity index (χ0n) is 13.5. The van der Waals surface area contributed by atoms with Gasteiger partial charge in [0.05, 0.1) is 12.2 Å². The smallest absolute Gasteiger partial charge is 0.273 e. The lowest BCUT2D eigenvalue weighted by Crippen LogP contribution is -2.41. The number of benzene rings is 1. The Bertz CT molecular complexity index is 710. The highest BCUT2D eigenvalue weighted by molar-refractivity contribution is 9.10. The number of carbonyl (C=O) groups excluding carboxylic acids is 2. The molecule has 0 radical (unpaired) electrons. The number of aryl methyl sites for hydroxylation is 2. The van der Waals surface area contributed by atoms with Crippen molar-refractivity contribution in [3.8, 4) is 5.75 Å². The molecule has 2 N–H and O–H groups in total. The Morgan fingerprint density at radius 3 is 2.50 bits per heavy atom. The molecule has 0 atom stereocenters. The number of hydrogen-bond donors (Lipinski definition) is 2. The standard InChI is InChI=1S/C17H19BrN2O4/c1-11-10-15(12(2)24-11)17(22)20-19-16(21)4-3-9-23-14-7-5-13(18)6-8-14/h5-8,10H,3-4,9H2,1-2H3,(H,19,21)(H,20,22). The highest BCUT2D eigenvalue weighted by Crippen LogP contribution is 2.16. The number of amides is 2. The predicted octanol–water partition coefficient (Wildman–Crippen LogP) is 3.28. The summed E-state index contributed by atoms with van der Waals surface area (Å²) in [5.41, 5.74) is 5.16. The first-order chi connectivity index (χ1) is 11.5. The van der Waals surface area contributed by atoms with E-state index in [0.29, 0.717) is 30.1 Å². The van der Waals surface area contributed by atoms with Crippen molar-refractivity contribution < 1.29 is 18.7 Å². The van der Waals surface area contributed by atoms with Gasteiger partial charge in [0.1, 0.15) is 17.3 Å². The summed E-state index contributed by atoms with van der Waals surface area (Å²) in [4.78, 5) is 23.6. The van der Waals surface area contributed by atoms with Crippen molar-refractivity contribution in [1.82, 2.24) is 10.9 Å². The van der Waals surface area contributed by atoms with Gasteiger partial charge < -0.3 is 9.15 Å². The largest absolute Gasteiger partial charge is 0.494 e. The molecule has 0 unspecified atom stereocenters. The molecular formula is C17H19BrN2O4. The summed E-state index contributed by atoms with van der Waals surface area (Å²) in [6.07, 6.45) is 0.793. The number of ether oxygens (including phenoxy) is 1. The lowest BCUT2D eigenvalue weighted by Gasteiger charge is -2.08. The molecule has 0 aliphatic carbocycles. The Kier molecular flexibility index (Phi) is 6.43. The van der Waals surface area contributed by atoms with Crippen molar-refractivity contribution in [2.45, 2.75) is 26.7 Å². The fourth-order valence-corrected chi connectivity index (χ4v) is 2.33. The van der Waals surface area contributed by atoms with Crippen LogP contribution in [-0.2, 0) is 4.79 Å². The Morgan fingerprint density at radius 2 is 1.88 bits per heavy atom. The molecule has 6 nitrogen and oxygen atoms in total. The maximum absolute atomic E-state index is 11.9. The first-order valence-electron chi connectivity index (χ1n) is 7.50. The number of furan rings is 1. The number of carbonyl (C=O) groups is 2. The zero-order chi connectivity index (χ0) is 17.5. The average Bonchev–Trinajstić information content (AvgIpc) is 2.89. The maximum Gasteiger partial charge on any atom is 0.273 e. The first-order valence-corrected chi connectivity index (χ1v) is 8.29. The van der Waals surface area contributed by atoms with Gasteiger partial charge in [0.25, 0.3) is 5.91 Å². The van der Waals surface area contributed by atoms with Gasteiger partial charge in [0, 0.05) is 10.9 Å². The van der Waals surface area contributed by atoms with Crippen LogP contribution in [-0.4, -0.2) is 18.4 Å². The molecule has 0 bridgehead atoms. The van der Waals surface area contributed by atoms with Gasteiger partial charge >= 0.3 is 0 Å². The van der Waals surface area contributed by atoms with Crippen LogP contribution in [0.15, 0.2) is 39.2 Å². The molecule has 24 heavy (non-hydrogen) atoms. The van der Waals surface area contributed by atoms with Gasteiger partial charge in [-0.05, 0) is 50.6 Å². The van der Waals surface area contributed by atoms with Crippen LogP contribution >= 0.6 is 15.9 Å². The second kappa shape index (κ2) is 8.54. The molecule has 1 aromatic carbocycles. The zero-order valence-corrected chi connectivity index (χ0v) is 15.1. The molecule has 1 aromatic heterocycles. The minimum Gasteiger partial charge on any atom is -0.494 e. The van der Waals surface area contributed by atoms with Crippen molar-refractivity contribution in [1.29, 1.82) is 0 Å². The van der Waals surface area contributed by atoms with Crippen LogP contribution in [0.4, 0.5) is 0 Å². The number of halogens is 1. The van der Waals surface area contributed by atoms with Crippen LogP contribution < -0.4 is 15.6 Å². The normalized spacial score (nSPS) is 10.3. The number of nitrogens with one attached hydrogen (secondary N) is 2. The summed E-state index contributed by atoms with van der Waals surface area (Å²) >= 11 is 3.35. The van der Waals surface area contributed by atoms with Gasteiger partial charge in [-0.2, -0.15) is 0 Å². The molecule has 0 aliphatic rings. The second-order valence-electron chi connectivity index (χ2n) is 5.24. The molecule has 2 rings (SSSR count). The highest BCUT2D eigenvalue weighted by atomic mass is 79.9. The van der Waals surface area contributed by atoms with E-state index in [0.717, 1.165) is 10.2 Å². The first kappa shape index (κ1) is 18.1. The summed E-state index contributed by atoms with van der Waals surface area (Å²) in [5, 5.41) is 0. The van der Waals surface area contributed by atoms with Crippen molar-refractivity contribution in [2.24, 2.45) is 0 Å². The monoisotopic (exact) mass is 394 g/mol. The molecular weight excluding hydrogens is 376 g/mol. The van der Waals surface area contributed by atoms with Crippen LogP contribution in [0, 0.1) is 13.8 Å². The van der Waals surface area contributed by atoms with E-state index in [-0.39, 0.29) is 12.3 Å². The number of rotatable bonds is 6.